The lowest BCUT2D eigenvalue weighted by molar-refractivity contribution is -0.144. The maximum Gasteiger partial charge on any atom is 0.258 e. The number of nitrogens with one attached hydrogen (secondary N) is 3. The summed E-state index contributed by atoms with van der Waals surface area (Å²) in [4.78, 5) is 72.3. The average molecular weight is 1040 g/mol. The molecule has 1 unspecified atom stereocenters. The van der Waals surface area contributed by atoms with E-state index in [9.17, 15) is 24.3 Å². The van der Waals surface area contributed by atoms with Gasteiger partial charge in [0.15, 0.2) is 12.4 Å². The molecule has 0 spiro atoms. The molecular weight excluding hydrogens is 976 g/mol. The van der Waals surface area contributed by atoms with Crippen LogP contribution in [0.2, 0.25) is 5.02 Å². The van der Waals surface area contributed by atoms with Crippen molar-refractivity contribution < 1.29 is 33.8 Å². The third-order valence-corrected chi connectivity index (χ3v) is 15.2. The molecule has 4 aromatic heterocycles. The van der Waals surface area contributed by atoms with Crippen LogP contribution in [0.25, 0.3) is 15.4 Å². The van der Waals surface area contributed by atoms with Gasteiger partial charge < -0.3 is 35.4 Å². The van der Waals surface area contributed by atoms with Crippen LogP contribution in [0, 0.1) is 33.1 Å². The molecule has 4 amide bonds. The number of β-amino-alcohol motifs (C(OH)–C–C–N with tert-alkyl or cyclic N) is 1. The van der Waals surface area contributed by atoms with E-state index in [1.807, 2.05) is 100 Å². The number of benzene rings is 2. The van der Waals surface area contributed by atoms with Gasteiger partial charge in [-0.05, 0) is 81.8 Å². The molecule has 0 bridgehead atoms. The minimum atomic E-state index is -1.04. The van der Waals surface area contributed by atoms with E-state index in [-0.39, 0.29) is 49.5 Å². The summed E-state index contributed by atoms with van der Waals surface area (Å²) in [6.07, 6.45) is 0.104. The van der Waals surface area contributed by atoms with Crippen LogP contribution in [-0.4, -0.2) is 108 Å². The van der Waals surface area contributed by atoms with Crippen LogP contribution in [0.15, 0.2) is 77.4 Å². The van der Waals surface area contributed by atoms with Crippen molar-refractivity contribution >= 4 is 63.6 Å². The monoisotopic (exact) mass is 1030 g/mol. The number of thiophene rings is 1. The van der Waals surface area contributed by atoms with Crippen LogP contribution in [-0.2, 0) is 19.2 Å². The number of nitrogens with zero attached hydrogens (tertiary/aromatic N) is 7. The minimum Gasteiger partial charge on any atom is -0.482 e. The van der Waals surface area contributed by atoms with Crippen LogP contribution in [0.3, 0.4) is 0 Å². The van der Waals surface area contributed by atoms with Gasteiger partial charge in [-0.2, -0.15) is 0 Å². The molecule has 72 heavy (non-hydrogen) atoms. The topological polar surface area (TPSA) is 215 Å². The van der Waals surface area contributed by atoms with Crippen molar-refractivity contribution in [2.75, 3.05) is 19.7 Å². The number of thiazole rings is 1. The summed E-state index contributed by atoms with van der Waals surface area (Å²) in [5.41, 5.74) is 7.63. The number of aliphatic hydroxyl groups excluding tert-OH is 1. The molecule has 8 rings (SSSR count). The summed E-state index contributed by atoms with van der Waals surface area (Å²) in [5, 5.41) is 29.9. The Morgan fingerprint density at radius 3 is 2.31 bits per heavy atom. The SMILES string of the molecule is Cc1ncsc1-c1ccc([C@H](C)NC(=O)[C@@H]2C[C@@H](O)CN2C(=O)[C@@H](NC(=O)COc2ccc(O[C@H](C)CNC(=O)CC3N=C(c4ccc(Cl)cc4)c4c(sc(C)c4C)-n4c(C)nnc43)nc2)C(C)(C)C)cc1. The number of ether oxygens (including phenoxy) is 2. The van der Waals surface area contributed by atoms with E-state index in [0.717, 1.165) is 54.0 Å². The van der Waals surface area contributed by atoms with Crippen LogP contribution in [0.1, 0.15) is 104 Å². The number of aliphatic hydroxyl groups is 1. The number of likely N-dealkylation sites (tertiary alicyclic amines) is 1. The number of pyridine rings is 1. The van der Waals surface area contributed by atoms with E-state index < -0.39 is 60.1 Å². The molecule has 0 aliphatic carbocycles. The molecule has 0 saturated carbocycles. The highest BCUT2D eigenvalue weighted by atomic mass is 35.5. The van der Waals surface area contributed by atoms with Gasteiger partial charge in [-0.1, -0.05) is 68.8 Å². The molecule has 2 aliphatic rings. The Bertz CT molecular complexity index is 2980. The molecule has 2 aliphatic heterocycles. The van der Waals surface area contributed by atoms with Crippen molar-refractivity contribution in [3.8, 4) is 27.1 Å². The Hall–Kier alpha value is -6.54. The summed E-state index contributed by atoms with van der Waals surface area (Å²) < 4.78 is 13.8. The molecule has 6 atom stereocenters. The standard InChI is InChI=1S/C52H59ClN10O7S2/c1-27(22-54-41(65)21-39-48-61-60-32(6)63(48)51-44(28(2)31(5)72-51)45(58-39)34-14-16-36(53)17-15-34)70-43-19-18-38(23-55-43)69-25-42(66)59-47(52(7,8)9)50(68)62-24-37(64)20-40(62)49(67)57-29(3)33-10-12-35(13-11-33)46-30(4)56-26-71-46/h10-19,23,26-27,29,37,39-40,47,64H,20-22,24-25H2,1-9H3,(H,54,65)(H,57,67)(H,59,66)/t27-,29+,37-,39?,40+,47-/m1/s1. The number of rotatable bonds is 16. The van der Waals surface area contributed by atoms with Crippen LogP contribution < -0.4 is 25.4 Å². The Morgan fingerprint density at radius 1 is 0.917 bits per heavy atom. The second-order valence-electron chi connectivity index (χ2n) is 19.3. The highest BCUT2D eigenvalue weighted by Crippen LogP contribution is 2.40. The lowest BCUT2D eigenvalue weighted by Gasteiger charge is -2.35. The first-order valence-electron chi connectivity index (χ1n) is 23.7. The molecular formula is C52H59ClN10O7S2. The Morgan fingerprint density at radius 2 is 1.64 bits per heavy atom. The number of carbonyl (C=O) groups is 4. The predicted molar refractivity (Wildman–Crippen MR) is 277 cm³/mol. The Labute approximate surface area is 431 Å². The number of aryl methyl sites for hydroxylation is 3. The lowest BCUT2D eigenvalue weighted by atomic mass is 9.85. The fraction of sp³-hybridized carbons (Fsp3) is 0.404. The fourth-order valence-corrected chi connectivity index (χ4v) is 10.9. The molecule has 1 saturated heterocycles. The molecule has 1 fully saturated rings. The van der Waals surface area contributed by atoms with E-state index in [0.29, 0.717) is 16.7 Å². The smallest absolute Gasteiger partial charge is 0.258 e. The van der Waals surface area contributed by atoms with Crippen LogP contribution >= 0.6 is 34.3 Å². The highest BCUT2D eigenvalue weighted by Gasteiger charge is 2.45. The molecule has 4 N–H and O–H groups in total. The quantitative estimate of drug-likeness (QED) is 0.0752. The minimum absolute atomic E-state index is 0.0153. The van der Waals surface area contributed by atoms with Gasteiger partial charge in [0, 0.05) is 40.1 Å². The zero-order valence-electron chi connectivity index (χ0n) is 41.6. The molecule has 378 valence electrons. The summed E-state index contributed by atoms with van der Waals surface area (Å²) in [5.74, 6) is 0.135. The number of aromatic nitrogens is 5. The molecule has 20 heteroatoms. The molecule has 0 radical (unpaired) electrons. The number of fused-ring (bicyclic) bond motifs is 3. The normalized spacial score (nSPS) is 17.7. The molecule has 2 aromatic carbocycles. The average Bonchev–Trinajstić information content (AvgIpc) is 4.11. The number of hydrogen-bond acceptors (Lipinski definition) is 14. The first-order chi connectivity index (χ1) is 34.2. The largest absolute Gasteiger partial charge is 0.482 e. The zero-order chi connectivity index (χ0) is 51.6. The highest BCUT2D eigenvalue weighted by molar-refractivity contribution is 7.15. The number of hydrogen-bond donors (Lipinski definition) is 4. The van der Waals surface area contributed by atoms with Gasteiger partial charge in [0.05, 0.1) is 53.1 Å². The predicted octanol–water partition coefficient (Wildman–Crippen LogP) is 7.35. The van der Waals surface area contributed by atoms with Gasteiger partial charge in [-0.15, -0.1) is 32.9 Å². The van der Waals surface area contributed by atoms with E-state index in [2.05, 4.69) is 50.0 Å². The number of carbonyl (C=O) groups excluding carboxylic acids is 4. The summed E-state index contributed by atoms with van der Waals surface area (Å²) >= 11 is 9.46. The van der Waals surface area contributed by atoms with Gasteiger partial charge in [0.2, 0.25) is 23.6 Å². The second-order valence-corrected chi connectivity index (χ2v) is 21.8. The number of halogens is 1. The first-order valence-corrected chi connectivity index (χ1v) is 25.8. The Balaban J connectivity index is 0.828. The van der Waals surface area contributed by atoms with Crippen molar-refractivity contribution in [2.45, 2.75) is 112 Å². The van der Waals surface area contributed by atoms with Crippen LogP contribution in [0.4, 0.5) is 0 Å². The van der Waals surface area contributed by atoms with Crippen LogP contribution in [0.5, 0.6) is 11.6 Å². The van der Waals surface area contributed by atoms with Gasteiger partial charge >= 0.3 is 0 Å². The van der Waals surface area contributed by atoms with Crippen molar-refractivity contribution in [3.63, 3.8) is 0 Å². The van der Waals surface area contributed by atoms with Gasteiger partial charge in [0.1, 0.15) is 40.8 Å². The van der Waals surface area contributed by atoms with E-state index in [4.69, 9.17) is 26.1 Å². The second kappa shape index (κ2) is 21.7. The van der Waals surface area contributed by atoms with E-state index in [1.54, 1.807) is 41.7 Å². The van der Waals surface area contributed by atoms with Crippen molar-refractivity contribution in [3.05, 3.63) is 122 Å². The maximum atomic E-state index is 14.2. The van der Waals surface area contributed by atoms with Crippen molar-refractivity contribution in [1.29, 1.82) is 0 Å². The molecule has 17 nitrogen and oxygen atoms in total. The third-order valence-electron chi connectivity index (χ3n) is 12.8. The van der Waals surface area contributed by atoms with Gasteiger partial charge in [-0.25, -0.2) is 9.97 Å². The lowest BCUT2D eigenvalue weighted by Crippen LogP contribution is -2.58. The van der Waals surface area contributed by atoms with E-state index >= 15 is 0 Å². The Kier molecular flexibility index (Phi) is 15.6. The third kappa shape index (κ3) is 11.5. The van der Waals surface area contributed by atoms with Crippen molar-refractivity contribution in [1.82, 2.24) is 45.6 Å². The van der Waals surface area contributed by atoms with Crippen molar-refractivity contribution in [2.24, 2.45) is 10.4 Å². The van der Waals surface area contributed by atoms with E-state index in [1.165, 1.54) is 11.1 Å². The van der Waals surface area contributed by atoms with Gasteiger partial charge in [0.25, 0.3) is 5.91 Å². The molecule has 6 heterocycles. The maximum absolute atomic E-state index is 14.2. The van der Waals surface area contributed by atoms with Gasteiger partial charge in [-0.3, -0.25) is 28.7 Å². The fourth-order valence-electron chi connectivity index (χ4n) is 8.77. The number of amides is 4. The number of aliphatic imine (C=N–C) groups is 1. The molecule has 6 aromatic rings. The summed E-state index contributed by atoms with van der Waals surface area (Å²) in [6.45, 7) is 16.8. The summed E-state index contributed by atoms with van der Waals surface area (Å²) in [7, 11) is 0. The summed E-state index contributed by atoms with van der Waals surface area (Å²) in [6, 6.07) is 15.6. The first kappa shape index (κ1) is 51.8. The zero-order valence-corrected chi connectivity index (χ0v) is 44.0.